The van der Waals surface area contributed by atoms with E-state index in [1.807, 2.05) is 6.92 Å². The summed E-state index contributed by atoms with van der Waals surface area (Å²) < 4.78 is 1.44. The molecule has 5 nitrogen and oxygen atoms in total. The summed E-state index contributed by atoms with van der Waals surface area (Å²) in [6.45, 7) is 1.92. The van der Waals surface area contributed by atoms with Crippen LogP contribution in [0.25, 0.3) is 0 Å². The summed E-state index contributed by atoms with van der Waals surface area (Å²) in [5.74, 6) is -0.376. The average Bonchev–Trinajstić information content (AvgIpc) is 2.34. The lowest BCUT2D eigenvalue weighted by Crippen LogP contribution is -2.51. The number of pyridine rings is 1. The van der Waals surface area contributed by atoms with E-state index in [1.54, 1.807) is 25.4 Å². The lowest BCUT2D eigenvalue weighted by molar-refractivity contribution is -0.122. The highest BCUT2D eigenvalue weighted by Gasteiger charge is 2.37. The molecule has 19 heavy (non-hydrogen) atoms. The van der Waals surface area contributed by atoms with E-state index in [2.05, 4.69) is 5.32 Å². The van der Waals surface area contributed by atoms with Crippen molar-refractivity contribution in [1.82, 2.24) is 4.57 Å². The first-order chi connectivity index (χ1) is 8.92. The van der Waals surface area contributed by atoms with Gasteiger partial charge in [-0.3, -0.25) is 9.59 Å². The van der Waals surface area contributed by atoms with Gasteiger partial charge in [0.15, 0.2) is 0 Å². The van der Waals surface area contributed by atoms with Crippen LogP contribution in [0.15, 0.2) is 23.1 Å². The van der Waals surface area contributed by atoms with E-state index >= 15 is 0 Å². The van der Waals surface area contributed by atoms with Crippen LogP contribution in [0.2, 0.25) is 0 Å². The number of rotatable bonds is 2. The van der Waals surface area contributed by atoms with Crippen molar-refractivity contribution in [2.45, 2.75) is 38.1 Å². The molecule has 3 N–H and O–H groups in total. The Kier molecular flexibility index (Phi) is 3.75. The fourth-order valence-electron chi connectivity index (χ4n) is 2.70. The normalized spacial score (nSPS) is 27.0. The predicted molar refractivity (Wildman–Crippen MR) is 74.9 cm³/mol. The van der Waals surface area contributed by atoms with E-state index in [9.17, 15) is 9.59 Å². The maximum absolute atomic E-state index is 12.3. The fourth-order valence-corrected chi connectivity index (χ4v) is 2.70. The number of nitrogens with zero attached hydrogens (tertiary/aromatic N) is 1. The Morgan fingerprint density at radius 1 is 1.53 bits per heavy atom. The second kappa shape index (κ2) is 5.17. The summed E-state index contributed by atoms with van der Waals surface area (Å²) in [4.78, 5) is 24.2. The van der Waals surface area contributed by atoms with Gasteiger partial charge < -0.3 is 15.6 Å². The average molecular weight is 263 g/mol. The number of hydrogen-bond acceptors (Lipinski definition) is 3. The predicted octanol–water partition coefficient (Wildman–Crippen LogP) is 1.23. The first-order valence-corrected chi connectivity index (χ1v) is 6.67. The summed E-state index contributed by atoms with van der Waals surface area (Å²) in [6.07, 6.45) is 5.36. The van der Waals surface area contributed by atoms with Crippen LogP contribution in [0, 0.1) is 5.92 Å². The van der Waals surface area contributed by atoms with E-state index in [4.69, 9.17) is 5.73 Å². The molecule has 1 saturated carbocycles. The molecule has 1 aromatic heterocycles. The molecular formula is C14H21N3O2. The zero-order valence-electron chi connectivity index (χ0n) is 11.5. The van der Waals surface area contributed by atoms with Crippen LogP contribution in [0.1, 0.15) is 32.6 Å². The van der Waals surface area contributed by atoms with Gasteiger partial charge in [-0.05, 0) is 31.9 Å². The SMILES string of the molecule is Cn1cccc(NC(=O)C2CCCCC2(C)N)c1=O. The molecule has 1 aromatic rings. The number of carbonyl (C=O) groups excluding carboxylic acids is 1. The largest absolute Gasteiger partial charge is 0.325 e. The van der Waals surface area contributed by atoms with Gasteiger partial charge >= 0.3 is 0 Å². The van der Waals surface area contributed by atoms with Gasteiger partial charge in [0.1, 0.15) is 5.69 Å². The van der Waals surface area contributed by atoms with Gasteiger partial charge in [-0.2, -0.15) is 0 Å². The monoisotopic (exact) mass is 263 g/mol. The second-order valence-electron chi connectivity index (χ2n) is 5.63. The third-order valence-corrected chi connectivity index (χ3v) is 3.95. The lowest BCUT2D eigenvalue weighted by atomic mass is 9.74. The minimum absolute atomic E-state index is 0.145. The molecule has 5 heteroatoms. The van der Waals surface area contributed by atoms with E-state index < -0.39 is 5.54 Å². The van der Waals surface area contributed by atoms with Gasteiger partial charge in [-0.15, -0.1) is 0 Å². The fraction of sp³-hybridized carbons (Fsp3) is 0.571. The van der Waals surface area contributed by atoms with Crippen molar-refractivity contribution in [2.24, 2.45) is 18.7 Å². The number of amides is 1. The Hall–Kier alpha value is -1.62. The molecule has 0 aliphatic heterocycles. The van der Waals surface area contributed by atoms with E-state index in [0.29, 0.717) is 5.69 Å². The van der Waals surface area contributed by atoms with Crippen molar-refractivity contribution in [3.8, 4) is 0 Å². The van der Waals surface area contributed by atoms with Crippen LogP contribution in [0.3, 0.4) is 0 Å². The Morgan fingerprint density at radius 2 is 2.26 bits per heavy atom. The van der Waals surface area contributed by atoms with Gasteiger partial charge in [-0.25, -0.2) is 0 Å². The molecule has 2 rings (SSSR count). The molecular weight excluding hydrogens is 242 g/mol. The molecule has 0 bridgehead atoms. The number of hydrogen-bond donors (Lipinski definition) is 2. The Bertz CT molecular complexity index is 534. The van der Waals surface area contributed by atoms with Crippen molar-refractivity contribution in [2.75, 3.05) is 5.32 Å². The van der Waals surface area contributed by atoms with Crippen molar-refractivity contribution >= 4 is 11.6 Å². The maximum atomic E-state index is 12.3. The Balaban J connectivity index is 2.17. The third-order valence-electron chi connectivity index (χ3n) is 3.95. The minimum Gasteiger partial charge on any atom is -0.325 e. The molecule has 2 unspecified atom stereocenters. The highest BCUT2D eigenvalue weighted by molar-refractivity contribution is 5.93. The molecule has 1 aliphatic rings. The first-order valence-electron chi connectivity index (χ1n) is 6.67. The Labute approximate surface area is 112 Å². The number of aromatic nitrogens is 1. The molecule has 104 valence electrons. The van der Waals surface area contributed by atoms with Crippen LogP contribution in [0.4, 0.5) is 5.69 Å². The summed E-state index contributed by atoms with van der Waals surface area (Å²) in [6, 6.07) is 3.36. The molecule has 1 fully saturated rings. The summed E-state index contributed by atoms with van der Waals surface area (Å²) in [7, 11) is 1.66. The maximum Gasteiger partial charge on any atom is 0.274 e. The number of aryl methyl sites for hydroxylation is 1. The van der Waals surface area contributed by atoms with Gasteiger partial charge in [0.05, 0.1) is 5.92 Å². The van der Waals surface area contributed by atoms with Gasteiger partial charge in [0.2, 0.25) is 5.91 Å². The second-order valence-corrected chi connectivity index (χ2v) is 5.63. The van der Waals surface area contributed by atoms with Gasteiger partial charge in [-0.1, -0.05) is 12.8 Å². The number of nitrogens with one attached hydrogen (secondary N) is 1. The van der Waals surface area contributed by atoms with Crippen LogP contribution >= 0.6 is 0 Å². The zero-order valence-corrected chi connectivity index (χ0v) is 11.5. The summed E-state index contributed by atoms with van der Waals surface area (Å²) >= 11 is 0. The summed E-state index contributed by atoms with van der Waals surface area (Å²) in [5, 5.41) is 2.72. The molecule has 2 atom stereocenters. The molecule has 0 saturated heterocycles. The van der Waals surface area contributed by atoms with E-state index in [0.717, 1.165) is 25.7 Å². The molecule has 1 heterocycles. The van der Waals surface area contributed by atoms with Crippen LogP contribution < -0.4 is 16.6 Å². The van der Waals surface area contributed by atoms with Gasteiger partial charge in [0, 0.05) is 18.8 Å². The molecule has 0 radical (unpaired) electrons. The number of carbonyl (C=O) groups is 1. The van der Waals surface area contributed by atoms with Crippen LogP contribution in [0.5, 0.6) is 0 Å². The van der Waals surface area contributed by atoms with Crippen molar-refractivity contribution in [3.63, 3.8) is 0 Å². The number of nitrogens with two attached hydrogens (primary N) is 1. The summed E-state index contributed by atoms with van der Waals surface area (Å²) in [5.41, 5.74) is 5.83. The molecule has 0 spiro atoms. The topological polar surface area (TPSA) is 77.1 Å². The number of anilines is 1. The van der Waals surface area contributed by atoms with Crippen LogP contribution in [-0.2, 0) is 11.8 Å². The van der Waals surface area contributed by atoms with Crippen molar-refractivity contribution in [1.29, 1.82) is 0 Å². The van der Waals surface area contributed by atoms with E-state index in [-0.39, 0.29) is 17.4 Å². The van der Waals surface area contributed by atoms with Crippen molar-refractivity contribution < 1.29 is 4.79 Å². The molecule has 1 amide bonds. The minimum atomic E-state index is -0.484. The van der Waals surface area contributed by atoms with E-state index in [1.165, 1.54) is 4.57 Å². The van der Waals surface area contributed by atoms with Crippen LogP contribution in [-0.4, -0.2) is 16.0 Å². The third kappa shape index (κ3) is 2.87. The highest BCUT2D eigenvalue weighted by atomic mass is 16.2. The smallest absolute Gasteiger partial charge is 0.274 e. The van der Waals surface area contributed by atoms with Gasteiger partial charge in [0.25, 0.3) is 5.56 Å². The quantitative estimate of drug-likeness (QED) is 0.842. The molecule has 0 aromatic carbocycles. The highest BCUT2D eigenvalue weighted by Crippen LogP contribution is 2.32. The zero-order chi connectivity index (χ0) is 14.0. The van der Waals surface area contributed by atoms with Crippen molar-refractivity contribution in [3.05, 3.63) is 28.7 Å². The first kappa shape index (κ1) is 13.8. The standard InChI is InChI=1S/C14H21N3O2/c1-14(15)8-4-3-6-10(14)12(18)16-11-7-5-9-17(2)13(11)19/h5,7,9-10H,3-4,6,8,15H2,1-2H3,(H,16,18). The lowest BCUT2D eigenvalue weighted by Gasteiger charge is -2.37. The Morgan fingerprint density at radius 3 is 2.95 bits per heavy atom. The molecule has 1 aliphatic carbocycles.